The van der Waals surface area contributed by atoms with Crippen molar-refractivity contribution in [2.24, 2.45) is 5.92 Å². The monoisotopic (exact) mass is 184 g/mol. The summed E-state index contributed by atoms with van der Waals surface area (Å²) in [6, 6.07) is 0.256. The highest BCUT2D eigenvalue weighted by Crippen LogP contribution is 2.07. The quantitative estimate of drug-likeness (QED) is 0.740. The predicted octanol–water partition coefficient (Wildman–Crippen LogP) is 1.44. The fraction of sp³-hybridized carbons (Fsp3) is 0.500. The highest BCUT2D eigenvalue weighted by atomic mass is 16.4. The van der Waals surface area contributed by atoms with Gasteiger partial charge in [0.25, 0.3) is 6.01 Å². The zero-order valence-corrected chi connectivity index (χ0v) is 7.57. The van der Waals surface area contributed by atoms with Crippen molar-refractivity contribution < 1.29 is 14.3 Å². The van der Waals surface area contributed by atoms with Gasteiger partial charge in [-0.25, -0.2) is 4.79 Å². The summed E-state index contributed by atoms with van der Waals surface area (Å²) >= 11 is 0. The maximum atomic E-state index is 10.4. The Bertz CT molecular complexity index is 293. The molecule has 72 valence electrons. The van der Waals surface area contributed by atoms with Crippen LogP contribution in [0.15, 0.2) is 10.7 Å². The zero-order chi connectivity index (χ0) is 9.84. The van der Waals surface area contributed by atoms with Gasteiger partial charge in [0.1, 0.15) is 6.26 Å². The van der Waals surface area contributed by atoms with Crippen molar-refractivity contribution in [3.05, 3.63) is 12.0 Å². The molecule has 0 saturated heterocycles. The minimum atomic E-state index is -1.08. The minimum absolute atomic E-state index is 0.0775. The molecule has 1 heterocycles. The Morgan fingerprint density at radius 1 is 1.77 bits per heavy atom. The molecule has 0 unspecified atom stereocenters. The number of aromatic carboxylic acids is 1. The molecule has 0 saturated carbocycles. The van der Waals surface area contributed by atoms with Gasteiger partial charge in [0.05, 0.1) is 0 Å². The van der Waals surface area contributed by atoms with Crippen molar-refractivity contribution in [3.63, 3.8) is 0 Å². The second-order valence-corrected chi connectivity index (χ2v) is 3.12. The molecule has 0 aliphatic carbocycles. The summed E-state index contributed by atoms with van der Waals surface area (Å²) in [5.74, 6) is -0.624. The third-order valence-electron chi connectivity index (χ3n) is 1.38. The lowest BCUT2D eigenvalue weighted by Gasteiger charge is -2.03. The molecule has 0 aliphatic heterocycles. The zero-order valence-electron chi connectivity index (χ0n) is 7.57. The number of hydrogen-bond acceptors (Lipinski definition) is 4. The Hall–Kier alpha value is -1.52. The summed E-state index contributed by atoms with van der Waals surface area (Å²) in [6.45, 7) is 4.78. The number of hydrogen-bond donors (Lipinski definition) is 2. The van der Waals surface area contributed by atoms with E-state index in [9.17, 15) is 4.79 Å². The highest BCUT2D eigenvalue weighted by Gasteiger charge is 2.09. The van der Waals surface area contributed by atoms with Crippen LogP contribution in [-0.4, -0.2) is 22.6 Å². The molecule has 0 amide bonds. The van der Waals surface area contributed by atoms with Gasteiger partial charge in [0, 0.05) is 6.54 Å². The average molecular weight is 184 g/mol. The summed E-state index contributed by atoms with van der Waals surface area (Å²) in [4.78, 5) is 14.1. The number of carboxylic acid groups (broad SMARTS) is 1. The van der Waals surface area contributed by atoms with E-state index < -0.39 is 5.97 Å². The van der Waals surface area contributed by atoms with Crippen molar-refractivity contribution >= 4 is 12.0 Å². The molecule has 5 heteroatoms. The van der Waals surface area contributed by atoms with Gasteiger partial charge in [-0.15, -0.1) is 0 Å². The van der Waals surface area contributed by atoms with Gasteiger partial charge in [-0.3, -0.25) is 0 Å². The minimum Gasteiger partial charge on any atom is -0.476 e. The van der Waals surface area contributed by atoms with Crippen molar-refractivity contribution in [1.82, 2.24) is 4.98 Å². The Morgan fingerprint density at radius 2 is 2.46 bits per heavy atom. The second kappa shape index (κ2) is 3.93. The molecule has 0 atom stereocenters. The van der Waals surface area contributed by atoms with E-state index >= 15 is 0 Å². The number of aromatic nitrogens is 1. The van der Waals surface area contributed by atoms with E-state index in [1.165, 1.54) is 0 Å². The van der Waals surface area contributed by atoms with Crippen molar-refractivity contribution in [1.29, 1.82) is 0 Å². The van der Waals surface area contributed by atoms with Crippen LogP contribution in [0.3, 0.4) is 0 Å². The Kier molecular flexibility index (Phi) is 2.89. The van der Waals surface area contributed by atoms with E-state index in [2.05, 4.69) is 10.3 Å². The van der Waals surface area contributed by atoms with Crippen molar-refractivity contribution in [2.45, 2.75) is 13.8 Å². The lowest BCUT2D eigenvalue weighted by molar-refractivity contribution is 0.0690. The Morgan fingerprint density at radius 3 is 2.92 bits per heavy atom. The molecule has 0 aromatic carbocycles. The maximum Gasteiger partial charge on any atom is 0.357 e. The van der Waals surface area contributed by atoms with Gasteiger partial charge in [0.2, 0.25) is 0 Å². The van der Waals surface area contributed by atoms with E-state index in [0.29, 0.717) is 12.5 Å². The first-order valence-electron chi connectivity index (χ1n) is 4.02. The third-order valence-corrected chi connectivity index (χ3v) is 1.38. The molecule has 1 rings (SSSR count). The third kappa shape index (κ3) is 2.77. The number of anilines is 1. The lowest BCUT2D eigenvalue weighted by Crippen LogP contribution is -2.08. The number of rotatable bonds is 4. The van der Waals surface area contributed by atoms with E-state index in [1.807, 2.05) is 13.8 Å². The molecular formula is C8H12N2O3. The first-order chi connectivity index (χ1) is 6.09. The standard InChI is InChI=1S/C8H12N2O3/c1-5(2)3-9-8-10-6(4-13-8)7(11)12/h4-5H,3H2,1-2H3,(H,9,10)(H,11,12). The van der Waals surface area contributed by atoms with Crippen molar-refractivity contribution in [2.75, 3.05) is 11.9 Å². The van der Waals surface area contributed by atoms with Crippen LogP contribution in [0.5, 0.6) is 0 Å². The van der Waals surface area contributed by atoms with Gasteiger partial charge in [-0.2, -0.15) is 4.98 Å². The van der Waals surface area contributed by atoms with E-state index in [4.69, 9.17) is 9.52 Å². The molecule has 0 spiro atoms. The summed E-state index contributed by atoms with van der Waals surface area (Å²) in [7, 11) is 0. The number of carbonyl (C=O) groups is 1. The molecule has 0 fully saturated rings. The lowest BCUT2D eigenvalue weighted by atomic mass is 10.2. The number of carboxylic acids is 1. The van der Waals surface area contributed by atoms with Crippen LogP contribution in [0.2, 0.25) is 0 Å². The van der Waals surface area contributed by atoms with Gasteiger partial charge >= 0.3 is 5.97 Å². The first-order valence-corrected chi connectivity index (χ1v) is 4.02. The van der Waals surface area contributed by atoms with E-state index in [1.54, 1.807) is 0 Å². The molecule has 13 heavy (non-hydrogen) atoms. The van der Waals surface area contributed by atoms with Crippen LogP contribution >= 0.6 is 0 Å². The summed E-state index contributed by atoms with van der Waals surface area (Å²) in [5.41, 5.74) is -0.0775. The molecule has 1 aromatic rings. The summed E-state index contributed by atoms with van der Waals surface area (Å²) in [5, 5.41) is 11.4. The molecule has 0 radical (unpaired) electrons. The first kappa shape index (κ1) is 9.57. The van der Waals surface area contributed by atoms with Crippen LogP contribution in [0, 0.1) is 5.92 Å². The van der Waals surface area contributed by atoms with Gasteiger partial charge in [0.15, 0.2) is 5.69 Å². The van der Waals surface area contributed by atoms with Crippen LogP contribution < -0.4 is 5.32 Å². The number of oxazole rings is 1. The topological polar surface area (TPSA) is 75.4 Å². The molecule has 1 aromatic heterocycles. The van der Waals surface area contributed by atoms with Gasteiger partial charge in [-0.05, 0) is 5.92 Å². The number of nitrogens with zero attached hydrogens (tertiary/aromatic N) is 1. The van der Waals surface area contributed by atoms with E-state index in [-0.39, 0.29) is 11.7 Å². The molecule has 0 bridgehead atoms. The fourth-order valence-corrected chi connectivity index (χ4v) is 0.745. The normalized spacial score (nSPS) is 10.4. The van der Waals surface area contributed by atoms with Crippen LogP contribution in [0.4, 0.5) is 6.01 Å². The van der Waals surface area contributed by atoms with Crippen molar-refractivity contribution in [3.8, 4) is 0 Å². The largest absolute Gasteiger partial charge is 0.476 e. The molecular weight excluding hydrogens is 172 g/mol. The molecule has 5 nitrogen and oxygen atoms in total. The van der Waals surface area contributed by atoms with E-state index in [0.717, 1.165) is 6.26 Å². The molecule has 0 aliphatic rings. The van der Waals surface area contributed by atoms with Gasteiger partial charge < -0.3 is 14.8 Å². The summed E-state index contributed by atoms with van der Waals surface area (Å²) < 4.78 is 4.87. The second-order valence-electron chi connectivity index (χ2n) is 3.12. The Balaban J connectivity index is 2.54. The average Bonchev–Trinajstić information content (AvgIpc) is 2.48. The predicted molar refractivity (Wildman–Crippen MR) is 46.8 cm³/mol. The maximum absolute atomic E-state index is 10.4. The highest BCUT2D eigenvalue weighted by molar-refractivity contribution is 5.85. The van der Waals surface area contributed by atoms with Gasteiger partial charge in [-0.1, -0.05) is 13.8 Å². The number of nitrogens with one attached hydrogen (secondary N) is 1. The smallest absolute Gasteiger partial charge is 0.357 e. The summed E-state index contributed by atoms with van der Waals surface area (Å²) in [6.07, 6.45) is 1.12. The van der Waals surface area contributed by atoms with Crippen LogP contribution in [0.1, 0.15) is 24.3 Å². The fourth-order valence-electron chi connectivity index (χ4n) is 0.745. The van der Waals surface area contributed by atoms with Crippen LogP contribution in [-0.2, 0) is 0 Å². The van der Waals surface area contributed by atoms with Crippen LogP contribution in [0.25, 0.3) is 0 Å². The Labute approximate surface area is 75.8 Å². The SMILES string of the molecule is CC(C)CNc1nc(C(=O)O)co1. The molecule has 2 N–H and O–H groups in total.